The van der Waals surface area contributed by atoms with Gasteiger partial charge in [-0.25, -0.2) is 0 Å². The number of Topliss-reactive ketones (excluding diaryl/α,β-unsaturated/α-hetero) is 1. The number of rotatable bonds is 2. The quantitative estimate of drug-likeness (QED) is 0.691. The molecule has 1 aromatic carbocycles. The summed E-state index contributed by atoms with van der Waals surface area (Å²) < 4.78 is 37.1. The molecule has 0 aliphatic rings. The van der Waals surface area contributed by atoms with Crippen molar-refractivity contribution in [3.63, 3.8) is 0 Å². The molecule has 0 radical (unpaired) electrons. The smallest absolute Gasteiger partial charge is 0.295 e. The van der Waals surface area contributed by atoms with Gasteiger partial charge in [0.2, 0.25) is 0 Å². The van der Waals surface area contributed by atoms with Gasteiger partial charge in [-0.2, -0.15) is 13.2 Å². The van der Waals surface area contributed by atoms with Crippen molar-refractivity contribution in [2.75, 3.05) is 0 Å². The normalized spacial score (nSPS) is 12.7. The summed E-state index contributed by atoms with van der Waals surface area (Å²) in [5.74, 6) is -0.980. The lowest BCUT2D eigenvalue weighted by Gasteiger charge is -2.08. The van der Waals surface area contributed by atoms with E-state index >= 15 is 0 Å². The minimum absolute atomic E-state index is 0.361. The lowest BCUT2D eigenvalue weighted by molar-refractivity contribution is -0.126. The molecule has 1 rings (SSSR count). The monoisotopic (exact) mass is 214 g/mol. The predicted molar refractivity (Wildman–Crippen MR) is 51.2 cm³/mol. The first-order valence-electron chi connectivity index (χ1n) is 4.26. The second kappa shape index (κ2) is 4.29. The lowest BCUT2D eigenvalue weighted by atomic mass is 10.1. The zero-order valence-electron chi connectivity index (χ0n) is 8.01. The third-order valence-corrected chi connectivity index (χ3v) is 1.80. The second-order valence-corrected chi connectivity index (χ2v) is 3.02. The SMILES string of the molecule is CC(=O)/C(=C\c1ccccc1)C(F)(F)F. The van der Waals surface area contributed by atoms with Crippen LogP contribution in [0.1, 0.15) is 12.5 Å². The number of hydrogen-bond donors (Lipinski definition) is 0. The summed E-state index contributed by atoms with van der Waals surface area (Å²) >= 11 is 0. The molecule has 80 valence electrons. The van der Waals surface area contributed by atoms with Gasteiger partial charge in [0.05, 0.1) is 5.57 Å². The lowest BCUT2D eigenvalue weighted by Crippen LogP contribution is -2.17. The van der Waals surface area contributed by atoms with Gasteiger partial charge in [0.25, 0.3) is 0 Å². The summed E-state index contributed by atoms with van der Waals surface area (Å²) in [6.45, 7) is 0.905. The highest BCUT2D eigenvalue weighted by Gasteiger charge is 2.36. The van der Waals surface area contributed by atoms with Gasteiger partial charge in [-0.1, -0.05) is 30.3 Å². The second-order valence-electron chi connectivity index (χ2n) is 3.02. The van der Waals surface area contributed by atoms with Crippen LogP contribution in [0.25, 0.3) is 6.08 Å². The van der Waals surface area contributed by atoms with Crippen LogP contribution in [0.5, 0.6) is 0 Å². The Kier molecular flexibility index (Phi) is 3.29. The molecular formula is C11H9F3O. The van der Waals surface area contributed by atoms with Crippen molar-refractivity contribution < 1.29 is 18.0 Å². The Bertz CT molecular complexity index is 377. The van der Waals surface area contributed by atoms with Gasteiger partial charge >= 0.3 is 6.18 Å². The molecule has 0 spiro atoms. The van der Waals surface area contributed by atoms with Crippen molar-refractivity contribution in [1.29, 1.82) is 0 Å². The molecule has 0 bridgehead atoms. The van der Waals surface area contributed by atoms with E-state index in [0.717, 1.165) is 13.0 Å². The van der Waals surface area contributed by atoms with Gasteiger partial charge in [-0.3, -0.25) is 4.79 Å². The molecule has 0 unspecified atom stereocenters. The fourth-order valence-electron chi connectivity index (χ4n) is 1.10. The first-order valence-corrected chi connectivity index (χ1v) is 4.26. The highest BCUT2D eigenvalue weighted by Crippen LogP contribution is 2.27. The fourth-order valence-corrected chi connectivity index (χ4v) is 1.10. The molecule has 0 saturated heterocycles. The number of carbonyl (C=O) groups is 1. The van der Waals surface area contributed by atoms with Crippen LogP contribution < -0.4 is 0 Å². The van der Waals surface area contributed by atoms with E-state index in [1.165, 1.54) is 12.1 Å². The third kappa shape index (κ3) is 3.23. The van der Waals surface area contributed by atoms with Gasteiger partial charge in [-0.15, -0.1) is 0 Å². The molecule has 1 nitrogen and oxygen atoms in total. The maximum absolute atomic E-state index is 12.4. The zero-order valence-corrected chi connectivity index (χ0v) is 8.01. The Morgan fingerprint density at radius 1 is 1.20 bits per heavy atom. The Labute approximate surface area is 85.2 Å². The van der Waals surface area contributed by atoms with Crippen molar-refractivity contribution in [2.45, 2.75) is 13.1 Å². The van der Waals surface area contributed by atoms with Crippen LogP contribution in [-0.2, 0) is 4.79 Å². The van der Waals surface area contributed by atoms with Crippen LogP contribution in [-0.4, -0.2) is 12.0 Å². The molecule has 0 saturated carbocycles. The van der Waals surface area contributed by atoms with Crippen LogP contribution in [0.4, 0.5) is 13.2 Å². The molecule has 0 aromatic heterocycles. The van der Waals surface area contributed by atoms with Gasteiger partial charge in [-0.05, 0) is 18.6 Å². The largest absolute Gasteiger partial charge is 0.419 e. The summed E-state index contributed by atoms with van der Waals surface area (Å²) in [6.07, 6.45) is -3.75. The van der Waals surface area contributed by atoms with E-state index in [1.54, 1.807) is 18.2 Å². The van der Waals surface area contributed by atoms with E-state index in [-0.39, 0.29) is 0 Å². The van der Waals surface area contributed by atoms with Gasteiger partial charge in [0, 0.05) is 0 Å². The van der Waals surface area contributed by atoms with Crippen LogP contribution in [0.15, 0.2) is 35.9 Å². The predicted octanol–water partition coefficient (Wildman–Crippen LogP) is 3.22. The fraction of sp³-hybridized carbons (Fsp3) is 0.182. The number of allylic oxidation sites excluding steroid dienone is 1. The minimum atomic E-state index is -4.60. The Hall–Kier alpha value is -1.58. The average Bonchev–Trinajstić information content (AvgIpc) is 2.13. The molecule has 4 heteroatoms. The summed E-state index contributed by atoms with van der Waals surface area (Å²) in [4.78, 5) is 10.8. The molecule has 0 atom stereocenters. The van der Waals surface area contributed by atoms with E-state index in [2.05, 4.69) is 0 Å². The van der Waals surface area contributed by atoms with Crippen molar-refractivity contribution >= 4 is 11.9 Å². The van der Waals surface area contributed by atoms with Gasteiger partial charge in [0.1, 0.15) is 0 Å². The number of benzene rings is 1. The summed E-state index contributed by atoms with van der Waals surface area (Å²) in [7, 11) is 0. The number of carbonyl (C=O) groups excluding carboxylic acids is 1. The molecule has 0 aliphatic carbocycles. The Balaban J connectivity index is 3.12. The van der Waals surface area contributed by atoms with Crippen molar-refractivity contribution in [1.82, 2.24) is 0 Å². The molecule has 0 fully saturated rings. The number of alkyl halides is 3. The zero-order chi connectivity index (χ0) is 11.5. The van der Waals surface area contributed by atoms with Crippen molar-refractivity contribution in [2.24, 2.45) is 0 Å². The maximum Gasteiger partial charge on any atom is 0.419 e. The molecule has 0 heterocycles. The van der Waals surface area contributed by atoms with Crippen LogP contribution in [0.2, 0.25) is 0 Å². The number of ketones is 1. The van der Waals surface area contributed by atoms with E-state index in [1.807, 2.05) is 0 Å². The van der Waals surface area contributed by atoms with E-state index in [9.17, 15) is 18.0 Å². The first-order chi connectivity index (χ1) is 6.91. The highest BCUT2D eigenvalue weighted by molar-refractivity contribution is 5.99. The molecular weight excluding hydrogens is 205 g/mol. The minimum Gasteiger partial charge on any atom is -0.295 e. The maximum atomic E-state index is 12.4. The summed E-state index contributed by atoms with van der Waals surface area (Å²) in [5, 5.41) is 0. The molecule has 0 aliphatic heterocycles. The Morgan fingerprint density at radius 3 is 2.13 bits per heavy atom. The number of halogens is 3. The first kappa shape index (κ1) is 11.5. The molecule has 15 heavy (non-hydrogen) atoms. The van der Waals surface area contributed by atoms with Crippen molar-refractivity contribution in [3.8, 4) is 0 Å². The van der Waals surface area contributed by atoms with Gasteiger partial charge < -0.3 is 0 Å². The standard InChI is InChI=1S/C11H9F3O/c1-8(15)10(11(12,13)14)7-9-5-3-2-4-6-9/h2-7H,1H3/b10-7+. The molecule has 1 aromatic rings. The summed E-state index contributed by atoms with van der Waals surface area (Å²) in [6, 6.07) is 7.93. The van der Waals surface area contributed by atoms with Crippen molar-refractivity contribution in [3.05, 3.63) is 41.5 Å². The third-order valence-electron chi connectivity index (χ3n) is 1.80. The molecule has 0 N–H and O–H groups in total. The van der Waals surface area contributed by atoms with Crippen LogP contribution in [0.3, 0.4) is 0 Å². The topological polar surface area (TPSA) is 17.1 Å². The van der Waals surface area contributed by atoms with E-state index in [4.69, 9.17) is 0 Å². The van der Waals surface area contributed by atoms with E-state index in [0.29, 0.717) is 5.56 Å². The van der Waals surface area contributed by atoms with Gasteiger partial charge in [0.15, 0.2) is 5.78 Å². The Morgan fingerprint density at radius 2 is 1.73 bits per heavy atom. The van der Waals surface area contributed by atoms with Crippen LogP contribution >= 0.6 is 0 Å². The summed E-state index contributed by atoms with van der Waals surface area (Å²) in [5.41, 5.74) is -0.770. The highest BCUT2D eigenvalue weighted by atomic mass is 19.4. The molecule has 0 amide bonds. The van der Waals surface area contributed by atoms with E-state index < -0.39 is 17.5 Å². The average molecular weight is 214 g/mol. The van der Waals surface area contributed by atoms with Crippen LogP contribution in [0, 0.1) is 0 Å². The number of hydrogen-bond acceptors (Lipinski definition) is 1.